The molecular weight excluding hydrogens is 396 g/mol. The zero-order valence-electron chi connectivity index (χ0n) is 16.0. The first-order chi connectivity index (χ1) is 13.7. The predicted octanol–water partition coefficient (Wildman–Crippen LogP) is 3.61. The highest BCUT2D eigenvalue weighted by atomic mass is 32.2. The predicted molar refractivity (Wildman–Crippen MR) is 113 cm³/mol. The Kier molecular flexibility index (Phi) is 7.16. The van der Waals surface area contributed by atoms with Gasteiger partial charge in [0.1, 0.15) is 11.5 Å². The number of carbonyl (C=O) groups excluding carboxylic acids is 1. The molecule has 0 radical (unpaired) electrons. The molecule has 1 amide bonds. The molecule has 0 saturated carbocycles. The van der Waals surface area contributed by atoms with E-state index >= 15 is 0 Å². The third-order valence-corrected chi connectivity index (χ3v) is 6.49. The van der Waals surface area contributed by atoms with Crippen LogP contribution in [0.1, 0.15) is 24.4 Å². The number of rotatable bonds is 9. The lowest BCUT2D eigenvalue weighted by atomic mass is 10.0. The van der Waals surface area contributed by atoms with Gasteiger partial charge in [0.25, 0.3) is 0 Å². The van der Waals surface area contributed by atoms with Crippen LogP contribution < -0.4 is 14.8 Å². The van der Waals surface area contributed by atoms with Gasteiger partial charge in [-0.2, -0.15) is 0 Å². The molecule has 9 heteroatoms. The van der Waals surface area contributed by atoms with Crippen molar-refractivity contribution in [2.75, 3.05) is 38.4 Å². The molecule has 2 aromatic rings. The topological polar surface area (TPSA) is 76.6 Å². The number of hydrogen-bond donors (Lipinski definition) is 1. The smallest absolute Gasteiger partial charge is 0.233 e. The summed E-state index contributed by atoms with van der Waals surface area (Å²) in [5.74, 6) is 1.96. The first-order valence-corrected chi connectivity index (χ1v) is 10.8. The first-order valence-electron chi connectivity index (χ1n) is 8.98. The van der Waals surface area contributed by atoms with Crippen molar-refractivity contribution < 1.29 is 14.3 Å². The minimum atomic E-state index is -0.00242. The van der Waals surface area contributed by atoms with Crippen LogP contribution >= 0.6 is 23.1 Å². The van der Waals surface area contributed by atoms with Crippen molar-refractivity contribution in [3.63, 3.8) is 0 Å². The summed E-state index contributed by atoms with van der Waals surface area (Å²) in [5, 5.41) is 12.0. The van der Waals surface area contributed by atoms with E-state index < -0.39 is 0 Å². The van der Waals surface area contributed by atoms with E-state index in [4.69, 9.17) is 9.47 Å². The summed E-state index contributed by atoms with van der Waals surface area (Å²) >= 11 is 2.86. The van der Waals surface area contributed by atoms with Crippen LogP contribution in [0.5, 0.6) is 11.5 Å². The number of anilines is 1. The molecule has 3 rings (SSSR count). The fraction of sp³-hybridized carbons (Fsp3) is 0.421. The molecule has 1 aromatic carbocycles. The molecule has 1 aliphatic heterocycles. The highest BCUT2D eigenvalue weighted by Crippen LogP contribution is 2.39. The van der Waals surface area contributed by atoms with Gasteiger partial charge in [-0.05, 0) is 31.0 Å². The molecule has 0 unspecified atom stereocenters. The number of ether oxygens (including phenoxy) is 2. The highest BCUT2D eigenvalue weighted by Gasteiger charge is 2.32. The van der Waals surface area contributed by atoms with Gasteiger partial charge in [0.15, 0.2) is 4.34 Å². The second kappa shape index (κ2) is 9.79. The monoisotopic (exact) mass is 420 g/mol. The van der Waals surface area contributed by atoms with Crippen molar-refractivity contribution in [1.82, 2.24) is 15.1 Å². The molecule has 28 heavy (non-hydrogen) atoms. The van der Waals surface area contributed by atoms with Crippen molar-refractivity contribution in [1.29, 1.82) is 0 Å². The van der Waals surface area contributed by atoms with Crippen molar-refractivity contribution in [3.05, 3.63) is 36.4 Å². The lowest BCUT2D eigenvalue weighted by molar-refractivity contribution is -0.129. The van der Waals surface area contributed by atoms with Gasteiger partial charge in [-0.3, -0.25) is 4.79 Å². The van der Waals surface area contributed by atoms with Crippen LogP contribution in [-0.4, -0.2) is 54.1 Å². The van der Waals surface area contributed by atoms with Gasteiger partial charge in [-0.15, -0.1) is 16.8 Å². The third-order valence-electron chi connectivity index (χ3n) is 4.49. The number of nitrogens with zero attached hydrogens (tertiary/aromatic N) is 3. The van der Waals surface area contributed by atoms with E-state index in [1.807, 2.05) is 23.1 Å². The Morgan fingerprint density at radius 1 is 1.43 bits per heavy atom. The largest absolute Gasteiger partial charge is 0.497 e. The number of benzene rings is 1. The fourth-order valence-corrected chi connectivity index (χ4v) is 4.84. The standard InChI is InChI=1S/C19H24N4O3S2/c1-4-9-20-18-21-22-19(28-18)27-12-17(24)23-10-5-6-15(23)14-11-13(25-2)7-8-16(14)26-3/h4,7-8,11,15H,1,5-6,9-10,12H2,2-3H3,(H,20,21)/t15-/m0/s1. The second-order valence-electron chi connectivity index (χ2n) is 6.18. The summed E-state index contributed by atoms with van der Waals surface area (Å²) < 4.78 is 11.6. The number of nitrogens with one attached hydrogen (secondary N) is 1. The molecule has 1 N–H and O–H groups in total. The van der Waals surface area contributed by atoms with Crippen LogP contribution in [0.2, 0.25) is 0 Å². The SMILES string of the molecule is C=CCNc1nnc(SCC(=O)N2CCC[C@H]2c2cc(OC)ccc2OC)s1. The van der Waals surface area contributed by atoms with E-state index in [1.165, 1.54) is 23.1 Å². The molecular formula is C19H24N4O3S2. The van der Waals surface area contributed by atoms with Gasteiger partial charge in [0.05, 0.1) is 26.0 Å². The normalized spacial score (nSPS) is 16.1. The zero-order valence-corrected chi connectivity index (χ0v) is 17.6. The Morgan fingerprint density at radius 2 is 2.29 bits per heavy atom. The lowest BCUT2D eigenvalue weighted by Crippen LogP contribution is -2.32. The van der Waals surface area contributed by atoms with Gasteiger partial charge in [0.2, 0.25) is 11.0 Å². The van der Waals surface area contributed by atoms with Crippen LogP contribution in [0.4, 0.5) is 5.13 Å². The number of amides is 1. The Labute approximate surface area is 173 Å². The van der Waals surface area contributed by atoms with Crippen LogP contribution in [0, 0.1) is 0 Å². The zero-order chi connectivity index (χ0) is 19.9. The summed E-state index contributed by atoms with van der Waals surface area (Å²) in [6.07, 6.45) is 3.64. The average molecular weight is 421 g/mol. The van der Waals surface area contributed by atoms with E-state index in [-0.39, 0.29) is 11.9 Å². The van der Waals surface area contributed by atoms with Crippen molar-refractivity contribution >= 4 is 34.1 Å². The van der Waals surface area contributed by atoms with Gasteiger partial charge in [-0.25, -0.2) is 0 Å². The van der Waals surface area contributed by atoms with Gasteiger partial charge in [0, 0.05) is 18.7 Å². The number of hydrogen-bond acceptors (Lipinski definition) is 8. The van der Waals surface area contributed by atoms with E-state index in [2.05, 4.69) is 22.1 Å². The maximum absolute atomic E-state index is 12.9. The minimum absolute atomic E-state index is 0.00242. The Balaban J connectivity index is 1.66. The third kappa shape index (κ3) is 4.77. The van der Waals surface area contributed by atoms with E-state index in [1.54, 1.807) is 20.3 Å². The molecule has 7 nitrogen and oxygen atoms in total. The molecule has 1 atom stereocenters. The molecule has 0 spiro atoms. The van der Waals surface area contributed by atoms with Gasteiger partial charge in [-0.1, -0.05) is 29.2 Å². The second-order valence-corrected chi connectivity index (χ2v) is 8.38. The van der Waals surface area contributed by atoms with Crippen LogP contribution in [0.25, 0.3) is 0 Å². The molecule has 1 aliphatic rings. The van der Waals surface area contributed by atoms with Crippen LogP contribution in [-0.2, 0) is 4.79 Å². The van der Waals surface area contributed by atoms with Crippen molar-refractivity contribution in [2.45, 2.75) is 23.2 Å². The molecule has 1 fully saturated rings. The summed E-state index contributed by atoms with van der Waals surface area (Å²) in [4.78, 5) is 14.8. The van der Waals surface area contributed by atoms with Gasteiger partial charge < -0.3 is 19.7 Å². The molecule has 0 aliphatic carbocycles. The summed E-state index contributed by atoms with van der Waals surface area (Å²) in [6.45, 7) is 5.04. The number of methoxy groups -OCH3 is 2. The average Bonchev–Trinajstić information content (AvgIpc) is 3.39. The number of carbonyl (C=O) groups is 1. The van der Waals surface area contributed by atoms with Gasteiger partial charge >= 0.3 is 0 Å². The van der Waals surface area contributed by atoms with E-state index in [0.29, 0.717) is 12.3 Å². The fourth-order valence-electron chi connectivity index (χ4n) is 3.19. The van der Waals surface area contributed by atoms with E-state index in [0.717, 1.165) is 45.9 Å². The van der Waals surface area contributed by atoms with Crippen LogP contribution in [0.3, 0.4) is 0 Å². The molecule has 1 saturated heterocycles. The summed E-state index contributed by atoms with van der Waals surface area (Å²) in [5.41, 5.74) is 0.990. The van der Waals surface area contributed by atoms with Crippen molar-refractivity contribution in [2.24, 2.45) is 0 Å². The highest BCUT2D eigenvalue weighted by molar-refractivity contribution is 8.01. The molecule has 1 aromatic heterocycles. The Bertz CT molecular complexity index is 827. The van der Waals surface area contributed by atoms with E-state index in [9.17, 15) is 4.79 Å². The Hall–Kier alpha value is -2.26. The summed E-state index contributed by atoms with van der Waals surface area (Å²) in [7, 11) is 3.29. The number of thioether (sulfide) groups is 1. The molecule has 150 valence electrons. The number of likely N-dealkylation sites (tertiary alicyclic amines) is 1. The molecule has 2 heterocycles. The Morgan fingerprint density at radius 3 is 3.04 bits per heavy atom. The number of aromatic nitrogens is 2. The lowest BCUT2D eigenvalue weighted by Gasteiger charge is -2.26. The quantitative estimate of drug-likeness (QED) is 0.490. The minimum Gasteiger partial charge on any atom is -0.497 e. The summed E-state index contributed by atoms with van der Waals surface area (Å²) in [6, 6.07) is 5.72. The first kappa shape index (κ1) is 20.5. The van der Waals surface area contributed by atoms with Crippen molar-refractivity contribution in [3.8, 4) is 11.5 Å². The van der Waals surface area contributed by atoms with Crippen LogP contribution in [0.15, 0.2) is 35.2 Å². The maximum atomic E-state index is 12.9. The maximum Gasteiger partial charge on any atom is 0.233 e. The molecule has 0 bridgehead atoms.